The monoisotopic (exact) mass is 224 g/mol. The van der Waals surface area contributed by atoms with Gasteiger partial charge in [0.1, 0.15) is 0 Å². The molecular weight excluding hydrogens is 200 g/mol. The van der Waals surface area contributed by atoms with Gasteiger partial charge in [0, 0.05) is 25.6 Å². The van der Waals surface area contributed by atoms with Crippen LogP contribution in [0.2, 0.25) is 0 Å². The molecule has 1 amide bonds. The molecule has 3 heteroatoms. The lowest BCUT2D eigenvalue weighted by Crippen LogP contribution is -2.40. The van der Waals surface area contributed by atoms with Crippen LogP contribution in [0, 0.1) is 5.92 Å². The van der Waals surface area contributed by atoms with Crippen molar-refractivity contribution >= 4 is 5.91 Å². The lowest BCUT2D eigenvalue weighted by atomic mass is 9.93. The topological polar surface area (TPSA) is 41.1 Å². The maximum absolute atomic E-state index is 11.6. The third-order valence-corrected chi connectivity index (χ3v) is 3.93. The van der Waals surface area contributed by atoms with E-state index in [4.69, 9.17) is 0 Å². The fourth-order valence-electron chi connectivity index (χ4n) is 2.64. The van der Waals surface area contributed by atoms with Crippen molar-refractivity contribution in [1.82, 2.24) is 10.6 Å². The molecule has 0 spiro atoms. The van der Waals surface area contributed by atoms with Gasteiger partial charge in [-0.1, -0.05) is 19.3 Å². The molecule has 0 heterocycles. The Balaban J connectivity index is 1.46. The Labute approximate surface area is 98.4 Å². The van der Waals surface area contributed by atoms with Crippen LogP contribution in [0.25, 0.3) is 0 Å². The van der Waals surface area contributed by atoms with Crippen LogP contribution in [0.3, 0.4) is 0 Å². The van der Waals surface area contributed by atoms with E-state index in [1.807, 2.05) is 0 Å². The molecule has 0 bridgehead atoms. The molecule has 0 aromatic carbocycles. The molecule has 0 aromatic heterocycles. The fourth-order valence-corrected chi connectivity index (χ4v) is 2.64. The Morgan fingerprint density at radius 3 is 2.38 bits per heavy atom. The number of hydrogen-bond acceptors (Lipinski definition) is 2. The van der Waals surface area contributed by atoms with Gasteiger partial charge in [-0.3, -0.25) is 4.79 Å². The van der Waals surface area contributed by atoms with E-state index in [9.17, 15) is 4.79 Å². The number of amides is 1. The number of hydrogen-bond donors (Lipinski definition) is 2. The summed E-state index contributed by atoms with van der Waals surface area (Å²) in [6.45, 7) is 1.73. The highest BCUT2D eigenvalue weighted by molar-refractivity contribution is 5.76. The number of carbonyl (C=O) groups is 1. The number of carbonyl (C=O) groups excluding carboxylic acids is 1. The van der Waals surface area contributed by atoms with E-state index in [0.29, 0.717) is 5.92 Å². The molecular formula is C13H24N2O. The first-order valence-electron chi connectivity index (χ1n) is 6.84. The van der Waals surface area contributed by atoms with Gasteiger partial charge in [0.25, 0.3) is 0 Å². The predicted molar refractivity (Wildman–Crippen MR) is 65.2 cm³/mol. The molecule has 2 aliphatic carbocycles. The number of rotatable bonds is 6. The minimum absolute atomic E-state index is 0.252. The van der Waals surface area contributed by atoms with E-state index in [2.05, 4.69) is 10.6 Å². The van der Waals surface area contributed by atoms with Crippen molar-refractivity contribution < 1.29 is 4.79 Å². The molecule has 2 fully saturated rings. The summed E-state index contributed by atoms with van der Waals surface area (Å²) >= 11 is 0. The van der Waals surface area contributed by atoms with Crippen molar-refractivity contribution in [3.05, 3.63) is 0 Å². The van der Waals surface area contributed by atoms with E-state index in [-0.39, 0.29) is 5.91 Å². The Kier molecular flexibility index (Phi) is 4.64. The van der Waals surface area contributed by atoms with Crippen LogP contribution in [0.15, 0.2) is 0 Å². The predicted octanol–water partition coefficient (Wildman–Crippen LogP) is 1.82. The van der Waals surface area contributed by atoms with Gasteiger partial charge in [-0.15, -0.1) is 0 Å². The molecule has 2 saturated carbocycles. The highest BCUT2D eigenvalue weighted by atomic mass is 16.1. The van der Waals surface area contributed by atoms with Crippen LogP contribution >= 0.6 is 0 Å². The number of nitrogens with one attached hydrogen (secondary N) is 2. The smallest absolute Gasteiger partial charge is 0.220 e. The standard InChI is InChI=1S/C13H24N2O/c16-13(10-11-4-1-2-5-11)15-9-8-14-12-6-3-7-12/h11-12,14H,1-10H2,(H,15,16). The van der Waals surface area contributed by atoms with Crippen molar-refractivity contribution in [3.8, 4) is 0 Å². The average Bonchev–Trinajstić information content (AvgIpc) is 2.67. The summed E-state index contributed by atoms with van der Waals surface area (Å²) in [5, 5.41) is 6.47. The summed E-state index contributed by atoms with van der Waals surface area (Å²) in [5.41, 5.74) is 0. The van der Waals surface area contributed by atoms with Crippen LogP contribution < -0.4 is 10.6 Å². The molecule has 0 aromatic rings. The van der Waals surface area contributed by atoms with Gasteiger partial charge in [0.05, 0.1) is 0 Å². The van der Waals surface area contributed by atoms with E-state index in [1.165, 1.54) is 44.9 Å². The zero-order valence-corrected chi connectivity index (χ0v) is 10.1. The molecule has 0 unspecified atom stereocenters. The average molecular weight is 224 g/mol. The summed E-state index contributed by atoms with van der Waals surface area (Å²) in [6, 6.07) is 0.728. The fraction of sp³-hybridized carbons (Fsp3) is 0.923. The van der Waals surface area contributed by atoms with Gasteiger partial charge >= 0.3 is 0 Å². The van der Waals surface area contributed by atoms with E-state index < -0.39 is 0 Å². The third-order valence-electron chi connectivity index (χ3n) is 3.93. The zero-order valence-electron chi connectivity index (χ0n) is 10.1. The Morgan fingerprint density at radius 2 is 1.75 bits per heavy atom. The van der Waals surface area contributed by atoms with Gasteiger partial charge in [0.2, 0.25) is 5.91 Å². The largest absolute Gasteiger partial charge is 0.355 e. The first-order chi connectivity index (χ1) is 7.84. The molecule has 16 heavy (non-hydrogen) atoms. The second-order valence-electron chi connectivity index (χ2n) is 5.29. The molecule has 92 valence electrons. The quantitative estimate of drug-likeness (QED) is 0.676. The minimum atomic E-state index is 0.252. The minimum Gasteiger partial charge on any atom is -0.355 e. The molecule has 0 radical (unpaired) electrons. The Bertz CT molecular complexity index is 220. The van der Waals surface area contributed by atoms with Crippen LogP contribution in [0.5, 0.6) is 0 Å². The van der Waals surface area contributed by atoms with Crippen LogP contribution in [0.4, 0.5) is 0 Å². The maximum atomic E-state index is 11.6. The molecule has 3 nitrogen and oxygen atoms in total. The molecule has 2 aliphatic rings. The maximum Gasteiger partial charge on any atom is 0.220 e. The highest BCUT2D eigenvalue weighted by Gasteiger charge is 2.18. The summed E-state index contributed by atoms with van der Waals surface area (Å²) < 4.78 is 0. The normalized spacial score (nSPS) is 22.0. The highest BCUT2D eigenvalue weighted by Crippen LogP contribution is 2.27. The van der Waals surface area contributed by atoms with Crippen molar-refractivity contribution in [1.29, 1.82) is 0 Å². The van der Waals surface area contributed by atoms with Crippen LogP contribution in [-0.2, 0) is 4.79 Å². The van der Waals surface area contributed by atoms with Crippen molar-refractivity contribution in [2.75, 3.05) is 13.1 Å². The second kappa shape index (κ2) is 6.24. The summed E-state index contributed by atoms with van der Waals surface area (Å²) in [4.78, 5) is 11.6. The SMILES string of the molecule is O=C(CC1CCCC1)NCCNC1CCC1. The van der Waals surface area contributed by atoms with Crippen molar-refractivity contribution in [2.24, 2.45) is 5.92 Å². The third kappa shape index (κ3) is 3.78. The molecule has 0 atom stereocenters. The van der Waals surface area contributed by atoms with Crippen molar-refractivity contribution in [2.45, 2.75) is 57.4 Å². The molecule has 2 N–H and O–H groups in total. The van der Waals surface area contributed by atoms with E-state index in [1.54, 1.807) is 0 Å². The summed E-state index contributed by atoms with van der Waals surface area (Å²) in [6.07, 6.45) is 9.91. The second-order valence-corrected chi connectivity index (χ2v) is 5.29. The van der Waals surface area contributed by atoms with Gasteiger partial charge in [0.15, 0.2) is 0 Å². The van der Waals surface area contributed by atoms with Crippen LogP contribution in [-0.4, -0.2) is 25.0 Å². The van der Waals surface area contributed by atoms with Crippen LogP contribution in [0.1, 0.15) is 51.4 Å². The lowest BCUT2D eigenvalue weighted by Gasteiger charge is -2.26. The van der Waals surface area contributed by atoms with Gasteiger partial charge < -0.3 is 10.6 Å². The lowest BCUT2D eigenvalue weighted by molar-refractivity contribution is -0.121. The van der Waals surface area contributed by atoms with Gasteiger partial charge in [-0.2, -0.15) is 0 Å². The Hall–Kier alpha value is -0.570. The van der Waals surface area contributed by atoms with Crippen molar-refractivity contribution in [3.63, 3.8) is 0 Å². The summed E-state index contributed by atoms with van der Waals surface area (Å²) in [5.74, 6) is 0.918. The molecule has 0 saturated heterocycles. The Morgan fingerprint density at radius 1 is 1.00 bits per heavy atom. The van der Waals surface area contributed by atoms with Gasteiger partial charge in [-0.05, 0) is 31.6 Å². The summed E-state index contributed by atoms with van der Waals surface area (Å²) in [7, 11) is 0. The first kappa shape index (κ1) is 11.9. The first-order valence-corrected chi connectivity index (χ1v) is 6.84. The van der Waals surface area contributed by atoms with Gasteiger partial charge in [-0.25, -0.2) is 0 Å². The van der Waals surface area contributed by atoms with E-state index >= 15 is 0 Å². The molecule has 2 rings (SSSR count). The molecule has 0 aliphatic heterocycles. The zero-order chi connectivity index (χ0) is 11.2. The van der Waals surface area contributed by atoms with E-state index in [0.717, 1.165) is 25.6 Å².